The zero-order valence-electron chi connectivity index (χ0n) is 10.2. The van der Waals surface area contributed by atoms with E-state index in [4.69, 9.17) is 4.74 Å². The second kappa shape index (κ2) is 6.44. The molecule has 0 spiro atoms. The van der Waals surface area contributed by atoms with E-state index >= 15 is 0 Å². The number of halogens is 1. The molecule has 0 amide bonds. The van der Waals surface area contributed by atoms with Gasteiger partial charge >= 0.3 is 5.95 Å². The standard InChI is InChI=1S/C11H11BrN4O4/c12-8-1-3-10(4-2-8)20-6-9(17)5-15-7-13-11(14-15)16(18)19/h1-4,7,9,17H,5-6H2. The summed E-state index contributed by atoms with van der Waals surface area (Å²) in [5, 5.41) is 23.8. The topological polar surface area (TPSA) is 103 Å². The fourth-order valence-electron chi connectivity index (χ4n) is 1.45. The fourth-order valence-corrected chi connectivity index (χ4v) is 1.71. The number of ether oxygens (including phenoxy) is 1. The van der Waals surface area contributed by atoms with Gasteiger partial charge in [0.2, 0.25) is 6.33 Å². The van der Waals surface area contributed by atoms with Crippen molar-refractivity contribution >= 4 is 21.9 Å². The van der Waals surface area contributed by atoms with Crippen LogP contribution in [0.3, 0.4) is 0 Å². The van der Waals surface area contributed by atoms with Crippen molar-refractivity contribution < 1.29 is 14.8 Å². The van der Waals surface area contributed by atoms with Crippen LogP contribution in [-0.2, 0) is 6.54 Å². The molecule has 0 radical (unpaired) electrons. The summed E-state index contributed by atoms with van der Waals surface area (Å²) in [5.41, 5.74) is 0. The van der Waals surface area contributed by atoms with Gasteiger partial charge in [0, 0.05) is 9.57 Å². The third-order valence-electron chi connectivity index (χ3n) is 2.34. The summed E-state index contributed by atoms with van der Waals surface area (Å²) in [4.78, 5) is 13.2. The molecule has 0 saturated heterocycles. The Morgan fingerprint density at radius 3 is 2.75 bits per heavy atom. The highest BCUT2D eigenvalue weighted by atomic mass is 79.9. The van der Waals surface area contributed by atoms with Crippen molar-refractivity contribution in [2.75, 3.05) is 6.61 Å². The Morgan fingerprint density at radius 2 is 2.15 bits per heavy atom. The molecule has 8 nitrogen and oxygen atoms in total. The summed E-state index contributed by atoms with van der Waals surface area (Å²) in [6.07, 6.45) is 0.348. The number of aromatic nitrogens is 3. The van der Waals surface area contributed by atoms with Crippen LogP contribution < -0.4 is 4.74 Å². The molecule has 0 bridgehead atoms. The van der Waals surface area contributed by atoms with E-state index < -0.39 is 17.0 Å². The lowest BCUT2D eigenvalue weighted by Crippen LogP contribution is -2.23. The minimum absolute atomic E-state index is 0.0509. The van der Waals surface area contributed by atoms with Crippen LogP contribution in [-0.4, -0.2) is 37.5 Å². The molecule has 1 N–H and O–H groups in total. The van der Waals surface area contributed by atoms with Crippen molar-refractivity contribution in [3.05, 3.63) is 45.2 Å². The highest BCUT2D eigenvalue weighted by Crippen LogP contribution is 2.16. The van der Waals surface area contributed by atoms with E-state index in [1.165, 1.54) is 11.0 Å². The summed E-state index contributed by atoms with van der Waals surface area (Å²) >= 11 is 3.31. The fraction of sp³-hybridized carbons (Fsp3) is 0.273. The second-order valence-corrected chi connectivity index (χ2v) is 4.86. The summed E-state index contributed by atoms with van der Waals surface area (Å²) in [6, 6.07) is 7.17. The van der Waals surface area contributed by atoms with E-state index in [-0.39, 0.29) is 13.2 Å². The first-order chi connectivity index (χ1) is 9.54. The first-order valence-corrected chi connectivity index (χ1v) is 6.44. The molecule has 1 atom stereocenters. The van der Waals surface area contributed by atoms with Crippen LogP contribution in [0.2, 0.25) is 0 Å². The SMILES string of the molecule is O=[N+]([O-])c1ncn(CC(O)COc2ccc(Br)cc2)n1. The first kappa shape index (κ1) is 14.4. The molecule has 106 valence electrons. The van der Waals surface area contributed by atoms with E-state index in [1.54, 1.807) is 12.1 Å². The van der Waals surface area contributed by atoms with Gasteiger partial charge in [-0.25, -0.2) is 0 Å². The smallest absolute Gasteiger partial charge is 0.490 e. The Kier molecular flexibility index (Phi) is 4.64. The van der Waals surface area contributed by atoms with Crippen molar-refractivity contribution in [1.82, 2.24) is 14.8 Å². The molecule has 20 heavy (non-hydrogen) atoms. The van der Waals surface area contributed by atoms with Gasteiger partial charge in [-0.1, -0.05) is 20.9 Å². The Bertz CT molecular complexity index is 586. The maximum Gasteiger partial charge on any atom is 0.490 e. The van der Waals surface area contributed by atoms with E-state index in [0.717, 1.165) is 4.47 Å². The lowest BCUT2D eigenvalue weighted by molar-refractivity contribution is -0.394. The third-order valence-corrected chi connectivity index (χ3v) is 2.87. The Morgan fingerprint density at radius 1 is 1.45 bits per heavy atom. The van der Waals surface area contributed by atoms with Gasteiger partial charge in [0.25, 0.3) is 0 Å². The quantitative estimate of drug-likeness (QED) is 0.628. The number of benzene rings is 1. The predicted molar refractivity (Wildman–Crippen MR) is 72.3 cm³/mol. The molecule has 9 heteroatoms. The molecular weight excluding hydrogens is 332 g/mol. The average Bonchev–Trinajstić information content (AvgIpc) is 2.87. The largest absolute Gasteiger partial charge is 0.491 e. The molecule has 1 aromatic heterocycles. The minimum atomic E-state index is -0.847. The maximum absolute atomic E-state index is 10.4. The van der Waals surface area contributed by atoms with Gasteiger partial charge in [0.1, 0.15) is 18.5 Å². The summed E-state index contributed by atoms with van der Waals surface area (Å²) in [7, 11) is 0. The Labute approximate surface area is 122 Å². The molecule has 1 unspecified atom stereocenters. The molecule has 2 aromatic rings. The second-order valence-electron chi connectivity index (χ2n) is 3.94. The normalized spacial score (nSPS) is 12.1. The van der Waals surface area contributed by atoms with Crippen LogP contribution >= 0.6 is 15.9 Å². The monoisotopic (exact) mass is 342 g/mol. The lowest BCUT2D eigenvalue weighted by atomic mass is 10.3. The van der Waals surface area contributed by atoms with Gasteiger partial charge < -0.3 is 20.0 Å². The summed E-state index contributed by atoms with van der Waals surface area (Å²) in [6.45, 7) is 0.118. The molecule has 0 aliphatic rings. The van der Waals surface area contributed by atoms with Gasteiger partial charge in [0.15, 0.2) is 0 Å². The van der Waals surface area contributed by atoms with Crippen LogP contribution in [0, 0.1) is 10.1 Å². The van der Waals surface area contributed by atoms with Crippen LogP contribution in [0.5, 0.6) is 5.75 Å². The minimum Gasteiger partial charge on any atom is -0.491 e. The van der Waals surface area contributed by atoms with Crippen molar-refractivity contribution in [2.24, 2.45) is 0 Å². The summed E-state index contributed by atoms with van der Waals surface area (Å²) in [5.74, 6) is 0.128. The van der Waals surface area contributed by atoms with E-state index in [2.05, 4.69) is 26.0 Å². The molecule has 0 aliphatic heterocycles. The number of nitrogens with zero attached hydrogens (tertiary/aromatic N) is 4. The number of nitro groups is 1. The lowest BCUT2D eigenvalue weighted by Gasteiger charge is -2.10. The number of hydrogen-bond acceptors (Lipinski definition) is 6. The van der Waals surface area contributed by atoms with Crippen molar-refractivity contribution in [3.63, 3.8) is 0 Å². The van der Waals surface area contributed by atoms with E-state index in [1.807, 2.05) is 12.1 Å². The van der Waals surface area contributed by atoms with E-state index in [9.17, 15) is 15.2 Å². The highest BCUT2D eigenvalue weighted by molar-refractivity contribution is 9.10. The number of hydrogen-bond donors (Lipinski definition) is 1. The van der Waals surface area contributed by atoms with Crippen LogP contribution in [0.25, 0.3) is 0 Å². The molecule has 1 heterocycles. The zero-order chi connectivity index (χ0) is 14.5. The zero-order valence-corrected chi connectivity index (χ0v) is 11.8. The number of rotatable bonds is 6. The molecule has 1 aromatic carbocycles. The average molecular weight is 343 g/mol. The van der Waals surface area contributed by atoms with Gasteiger partial charge in [-0.15, -0.1) is 0 Å². The van der Waals surface area contributed by atoms with Crippen LogP contribution in [0.15, 0.2) is 35.1 Å². The summed E-state index contributed by atoms with van der Waals surface area (Å²) < 4.78 is 7.52. The Balaban J connectivity index is 1.84. The van der Waals surface area contributed by atoms with Gasteiger partial charge in [-0.05, 0) is 29.2 Å². The van der Waals surface area contributed by atoms with Crippen LogP contribution in [0.1, 0.15) is 0 Å². The Hall–Kier alpha value is -2.00. The number of aliphatic hydroxyl groups is 1. The third kappa shape index (κ3) is 4.00. The molecule has 0 saturated carbocycles. The predicted octanol–water partition coefficient (Wildman–Crippen LogP) is 1.39. The van der Waals surface area contributed by atoms with Crippen molar-refractivity contribution in [2.45, 2.75) is 12.6 Å². The van der Waals surface area contributed by atoms with Gasteiger partial charge in [0.05, 0.1) is 6.54 Å². The highest BCUT2D eigenvalue weighted by Gasteiger charge is 2.16. The van der Waals surface area contributed by atoms with Crippen molar-refractivity contribution in [1.29, 1.82) is 0 Å². The molecule has 0 aliphatic carbocycles. The molecule has 2 rings (SSSR count). The molecule has 0 fully saturated rings. The van der Waals surface area contributed by atoms with Crippen LogP contribution in [0.4, 0.5) is 5.95 Å². The van der Waals surface area contributed by atoms with Gasteiger partial charge in [-0.3, -0.25) is 0 Å². The maximum atomic E-state index is 10.4. The molecular formula is C11H11BrN4O4. The van der Waals surface area contributed by atoms with Crippen molar-refractivity contribution in [3.8, 4) is 5.75 Å². The van der Waals surface area contributed by atoms with E-state index in [0.29, 0.717) is 5.75 Å². The van der Waals surface area contributed by atoms with Gasteiger partial charge in [-0.2, -0.15) is 4.68 Å². The number of aliphatic hydroxyl groups excluding tert-OH is 1. The first-order valence-electron chi connectivity index (χ1n) is 5.65.